The van der Waals surface area contributed by atoms with E-state index in [2.05, 4.69) is 238 Å². The van der Waals surface area contributed by atoms with E-state index >= 15 is 0 Å². The third kappa shape index (κ3) is 22.5. The molecule has 6 N–H and O–H groups in total. The molecule has 32 nitrogen and oxygen atoms in total. The molecule has 18 rings (SSSR count). The summed E-state index contributed by atoms with van der Waals surface area (Å²) in [6.07, 6.45) is 23.7. The fourth-order valence-electron chi connectivity index (χ4n) is 19.7. The smallest absolute Gasteiger partial charge is 0.229 e. The molecule has 6 aromatic carbocycles. The number of hydrogen-bond acceptors (Lipinski definition) is 32. The van der Waals surface area contributed by atoms with E-state index in [0.29, 0.717) is 138 Å². The molecule has 714 valence electrons. The van der Waals surface area contributed by atoms with Gasteiger partial charge in [0.2, 0.25) is 17.8 Å². The van der Waals surface area contributed by atoms with Gasteiger partial charge in [0.15, 0.2) is 5.82 Å². The molecule has 0 amide bonds. The Bertz CT molecular complexity index is 6470. The van der Waals surface area contributed by atoms with Crippen LogP contribution in [0.3, 0.4) is 0 Å². The lowest BCUT2D eigenvalue weighted by Crippen LogP contribution is -2.61. The van der Waals surface area contributed by atoms with Gasteiger partial charge in [-0.25, -0.2) is 15.0 Å². The Labute approximate surface area is 813 Å². The molecule has 0 atom stereocenters. The molecule has 135 heavy (non-hydrogen) atoms. The van der Waals surface area contributed by atoms with Gasteiger partial charge in [0.05, 0.1) is 103 Å². The molecule has 2 spiro atoms. The largest absolute Gasteiger partial charge is 0.494 e. The number of aryl methyl sites for hydroxylation is 3. The number of benzene rings is 6. The van der Waals surface area contributed by atoms with Gasteiger partial charge < -0.3 is 94.1 Å². The number of aromatic nitrogens is 12. The topological polar surface area (TPSA) is 332 Å². The summed E-state index contributed by atoms with van der Waals surface area (Å²) in [4.78, 5) is 74.2. The minimum Gasteiger partial charge on any atom is -0.494 e. The number of rotatable bonds is 27. The van der Waals surface area contributed by atoms with E-state index in [1.54, 1.807) is 111 Å². The average molecular weight is 2040 g/mol. The van der Waals surface area contributed by atoms with Crippen LogP contribution in [-0.4, -0.2) is 285 Å². The van der Waals surface area contributed by atoms with Gasteiger partial charge in [-0.1, -0.05) is 25.4 Å². The minimum absolute atomic E-state index is 0.325. The summed E-state index contributed by atoms with van der Waals surface area (Å²) in [6.45, 7) is 34.9. The number of likely N-dealkylation sites (tertiary alicyclic amines) is 2. The first-order chi connectivity index (χ1) is 64.7. The normalized spacial score (nSPS) is 16.8. The molecule has 6 fully saturated rings. The van der Waals surface area contributed by atoms with E-state index < -0.39 is 21.4 Å². The van der Waals surface area contributed by atoms with Gasteiger partial charge in [-0.2, -0.15) is 15.0 Å². The average Bonchev–Trinajstić information content (AvgIpc) is 0.782. The van der Waals surface area contributed by atoms with Crippen molar-refractivity contribution in [2.24, 2.45) is 10.8 Å². The van der Waals surface area contributed by atoms with Crippen LogP contribution >= 0.6 is 64.9 Å². The number of piperazine rings is 1. The lowest BCUT2D eigenvalue weighted by molar-refractivity contribution is -0.0207. The number of likely N-dealkylation sites (N-methyl/N-ethyl adjacent to an activating group) is 2. The number of methoxy groups -OCH3 is 3. The maximum absolute atomic E-state index is 13.4. The molecule has 12 aromatic rings. The zero-order valence-electron chi connectivity index (χ0n) is 80.0. The van der Waals surface area contributed by atoms with E-state index in [1.165, 1.54) is 112 Å². The molecule has 6 aliphatic heterocycles. The van der Waals surface area contributed by atoms with Crippen molar-refractivity contribution in [2.45, 2.75) is 78.2 Å². The number of anilines is 15. The Balaban J connectivity index is 0.000000147. The predicted octanol–water partition coefficient (Wildman–Crippen LogP) is 17.3. The standard InChI is InChI=1S/C33H43BrN9O2P.C33H43ClN9O2P.C31H38BrN8O2P/c1-6-22-19-27(29(45-3)20-28(22)43-13-9-23(10-14-43)42-17-15-41(2)16-18-42)39-33-37-21-24(34)32(40-33)38-26-8-7-25-30(36-12-11-35-25)31(26)46(4,5)44;1-22-17-26(28(45-4)18-27(22)43-13-9-33(10-14-43)20-42(21-33)16-15-41(2)3)39-32-37-19-23(34)31(40-32)38-25-8-7-24-29(36-12-11-35-24)30(25)46(5,6)44;1-6-20-15-24(26(42-3)16-25(20)40-13-9-31(10-14-40)18-39(2)19-31)37-30-35-17-21(32)29(38-30)36-23-8-7-22-27(34-12-11-33-22)28(23)43(4,5)41/h7-8,11-12,19-21,23H,6,9-10,13-18H2,1-5H3,(H2,37,38,39,40);7-8,11-12,17-19H,9-10,13-16,20-21H2,1-6H3,(H2,37,38,39,40);7-8,11-12,15-17H,6,9-10,13-14,18-19H2,1-5H3,(H2,35,36,37,38). The van der Waals surface area contributed by atoms with E-state index in [1.807, 2.05) is 36.4 Å². The van der Waals surface area contributed by atoms with Crippen molar-refractivity contribution < 1.29 is 27.9 Å². The lowest BCUT2D eigenvalue weighted by atomic mass is 9.72. The van der Waals surface area contributed by atoms with Crippen LogP contribution in [0.15, 0.2) is 138 Å². The summed E-state index contributed by atoms with van der Waals surface area (Å²) < 4.78 is 59.1. The van der Waals surface area contributed by atoms with Crippen molar-refractivity contribution in [3.63, 3.8) is 0 Å². The first-order valence-corrected chi connectivity index (χ1v) is 55.9. The number of halogens is 3. The number of nitrogens with one attached hydrogen (secondary N) is 6. The third-order valence-electron chi connectivity index (χ3n) is 26.7. The predicted molar refractivity (Wildman–Crippen MR) is 559 cm³/mol. The molecule has 0 bridgehead atoms. The molecule has 6 aromatic heterocycles. The molecule has 38 heteroatoms. The first-order valence-electron chi connectivity index (χ1n) is 46.1. The van der Waals surface area contributed by atoms with Crippen molar-refractivity contribution in [1.29, 1.82) is 0 Å². The number of fused-ring (bicyclic) bond motifs is 3. The molecule has 6 saturated heterocycles. The fourth-order valence-corrected chi connectivity index (χ4v) is 24.6. The fraction of sp³-hybridized carbons (Fsp3) is 0.443. The molecule has 0 aliphatic carbocycles. The zero-order valence-corrected chi connectivity index (χ0v) is 86.7. The molecule has 0 unspecified atom stereocenters. The summed E-state index contributed by atoms with van der Waals surface area (Å²) >= 11 is 13.7. The van der Waals surface area contributed by atoms with E-state index in [9.17, 15) is 13.7 Å². The summed E-state index contributed by atoms with van der Waals surface area (Å²) in [5.74, 6) is 4.79. The van der Waals surface area contributed by atoms with Crippen LogP contribution in [0.5, 0.6) is 17.2 Å². The van der Waals surface area contributed by atoms with Crippen LogP contribution in [0.1, 0.15) is 69.1 Å². The quantitative estimate of drug-likeness (QED) is 0.0260. The lowest BCUT2D eigenvalue weighted by Gasteiger charge is -2.54. The maximum atomic E-state index is 13.4. The highest BCUT2D eigenvalue weighted by Crippen LogP contribution is 2.50. The van der Waals surface area contributed by atoms with Gasteiger partial charge in [0.25, 0.3) is 0 Å². The molecular formula is C97H124Br2ClN26O6P3. The van der Waals surface area contributed by atoms with E-state index in [0.717, 1.165) is 112 Å². The van der Waals surface area contributed by atoms with E-state index in [-0.39, 0.29) is 0 Å². The van der Waals surface area contributed by atoms with Crippen molar-refractivity contribution in [3.05, 3.63) is 159 Å². The highest BCUT2D eigenvalue weighted by atomic mass is 79.9. The molecule has 12 heterocycles. The van der Waals surface area contributed by atoms with Crippen LogP contribution in [0.25, 0.3) is 33.1 Å². The van der Waals surface area contributed by atoms with Crippen molar-refractivity contribution in [2.75, 3.05) is 241 Å². The third-order valence-corrected chi connectivity index (χ3v) is 32.7. The summed E-state index contributed by atoms with van der Waals surface area (Å²) in [5.41, 5.74) is 16.5. The van der Waals surface area contributed by atoms with Crippen LogP contribution in [-0.2, 0) is 26.5 Å². The molecular weight excluding hydrogens is 1910 g/mol. The SMILES string of the molecule is CCc1cc(Nc2ncc(Br)c(Nc3ccc4nccnc4c3P(C)(C)=O)n2)c(OC)cc1N1CCC(N2CCN(C)CC2)CC1.CCc1cc(Nc2ncc(Br)c(Nc3ccc4nccnc4c3P(C)(C)=O)n2)c(OC)cc1N1CCC2(CC1)CN(C)C2.COc1cc(N2CCC3(CC2)CN(CCN(C)C)C3)c(C)cc1Nc1ncc(Cl)c(Nc2ccc3nccnc3c2P(C)(C)=O)n1. The zero-order chi connectivity index (χ0) is 95.4. The Kier molecular flexibility index (Phi) is 30.3. The van der Waals surface area contributed by atoms with Gasteiger partial charge in [-0.15, -0.1) is 0 Å². The Morgan fingerprint density at radius 1 is 0.444 bits per heavy atom. The molecule has 0 saturated carbocycles. The Hall–Kier alpha value is -10.1. The monoisotopic (exact) mass is 2030 g/mol. The summed E-state index contributed by atoms with van der Waals surface area (Å²) in [7, 11) is 5.55. The maximum Gasteiger partial charge on any atom is 0.229 e. The van der Waals surface area contributed by atoms with Crippen LogP contribution in [0.2, 0.25) is 5.02 Å². The second kappa shape index (κ2) is 41.7. The van der Waals surface area contributed by atoms with Crippen LogP contribution < -0.4 is 76.7 Å². The molecule has 0 radical (unpaired) electrons. The number of hydrogen-bond donors (Lipinski definition) is 6. The van der Waals surface area contributed by atoms with Gasteiger partial charge in [-0.3, -0.25) is 34.8 Å². The second-order valence-corrected chi connectivity index (χ2v) is 49.3. The van der Waals surface area contributed by atoms with Crippen molar-refractivity contribution in [1.82, 2.24) is 84.3 Å². The van der Waals surface area contributed by atoms with Crippen molar-refractivity contribution in [3.8, 4) is 17.2 Å². The Morgan fingerprint density at radius 2 is 0.815 bits per heavy atom. The second-order valence-electron chi connectivity index (χ2n) is 37.8. The van der Waals surface area contributed by atoms with Crippen molar-refractivity contribution >= 4 is 200 Å². The van der Waals surface area contributed by atoms with Gasteiger partial charge in [0, 0.05) is 196 Å². The highest BCUT2D eigenvalue weighted by Gasteiger charge is 2.46. The van der Waals surface area contributed by atoms with Crippen LogP contribution in [0, 0.1) is 17.8 Å². The van der Waals surface area contributed by atoms with E-state index in [4.69, 9.17) is 35.8 Å². The number of piperidine rings is 3. The van der Waals surface area contributed by atoms with Crippen LogP contribution in [0.4, 0.5) is 86.5 Å². The Morgan fingerprint density at radius 3 is 1.21 bits per heavy atom. The molecule has 6 aliphatic rings. The first kappa shape index (κ1) is 98.0. The van der Waals surface area contributed by atoms with Gasteiger partial charge >= 0.3 is 0 Å². The van der Waals surface area contributed by atoms with Gasteiger partial charge in [-0.05, 0) is 240 Å². The number of ether oxygens (including phenoxy) is 3. The summed E-state index contributed by atoms with van der Waals surface area (Å²) in [5, 5.41) is 22.3. The summed E-state index contributed by atoms with van der Waals surface area (Å²) in [6, 6.07) is 24.6. The minimum atomic E-state index is -2.76. The number of nitrogens with zero attached hydrogens (tertiary/aromatic N) is 20. The highest BCUT2D eigenvalue weighted by molar-refractivity contribution is 9.11. The van der Waals surface area contributed by atoms with Gasteiger partial charge in [0.1, 0.15) is 71.9 Å².